The number of pyridine rings is 1. The molecule has 2 heterocycles. The Morgan fingerprint density at radius 1 is 1.10 bits per heavy atom. The second-order valence-electron chi connectivity index (χ2n) is 6.99. The van der Waals surface area contributed by atoms with Crippen LogP contribution in [0.25, 0.3) is 6.08 Å². The van der Waals surface area contributed by atoms with Crippen LogP contribution >= 0.6 is 11.6 Å². The Morgan fingerprint density at radius 3 is 2.61 bits per heavy atom. The third-order valence-corrected chi connectivity index (χ3v) is 5.22. The van der Waals surface area contributed by atoms with Crippen molar-refractivity contribution < 1.29 is 14.0 Å². The zero-order chi connectivity index (χ0) is 22.0. The van der Waals surface area contributed by atoms with Crippen LogP contribution in [-0.4, -0.2) is 23.7 Å². The summed E-state index contributed by atoms with van der Waals surface area (Å²) < 4.78 is 13.8. The molecule has 0 bridgehead atoms. The predicted octanol–water partition coefficient (Wildman–Crippen LogP) is 4.71. The van der Waals surface area contributed by atoms with E-state index in [1.165, 1.54) is 23.1 Å². The van der Waals surface area contributed by atoms with Crippen molar-refractivity contribution in [1.82, 2.24) is 4.98 Å². The van der Waals surface area contributed by atoms with Crippen LogP contribution in [0.2, 0.25) is 5.02 Å². The number of Topliss-reactive ketones (excluding diaryl/α,β-unsaturated/α-hetero) is 1. The van der Waals surface area contributed by atoms with Crippen molar-refractivity contribution in [2.24, 2.45) is 0 Å². The summed E-state index contributed by atoms with van der Waals surface area (Å²) in [6.07, 6.45) is 5.36. The fraction of sp³-hybridized carbons (Fsp3) is 0.0800. The molecule has 4 nitrogen and oxygen atoms in total. The Balaban J connectivity index is 1.67. The highest BCUT2D eigenvalue weighted by molar-refractivity contribution is 6.36. The van der Waals surface area contributed by atoms with Gasteiger partial charge in [0.1, 0.15) is 5.82 Å². The van der Waals surface area contributed by atoms with Gasteiger partial charge in [0.05, 0.1) is 16.3 Å². The minimum absolute atomic E-state index is 0.0270. The highest BCUT2D eigenvalue weighted by Gasteiger charge is 2.32. The molecule has 3 aromatic rings. The van der Waals surface area contributed by atoms with Crippen LogP contribution in [0.3, 0.4) is 0 Å². The number of carbonyl (C=O) groups is 2. The number of hydrogen-bond acceptors (Lipinski definition) is 3. The van der Waals surface area contributed by atoms with Gasteiger partial charge in [-0.1, -0.05) is 29.5 Å². The van der Waals surface area contributed by atoms with E-state index in [1.807, 2.05) is 12.1 Å². The van der Waals surface area contributed by atoms with E-state index >= 15 is 0 Å². The van der Waals surface area contributed by atoms with E-state index in [4.69, 9.17) is 11.6 Å². The molecule has 0 atom stereocenters. The Hall–Kier alpha value is -3.75. The average Bonchev–Trinajstić information content (AvgIpc) is 2.78. The van der Waals surface area contributed by atoms with Crippen molar-refractivity contribution in [2.45, 2.75) is 6.42 Å². The topological polar surface area (TPSA) is 50.3 Å². The first-order chi connectivity index (χ1) is 14.9. The lowest BCUT2D eigenvalue weighted by atomic mass is 9.92. The number of fused-ring (bicyclic) bond motifs is 1. The summed E-state index contributed by atoms with van der Waals surface area (Å²) in [4.78, 5) is 31.2. The van der Waals surface area contributed by atoms with E-state index in [2.05, 4.69) is 16.8 Å². The van der Waals surface area contributed by atoms with Crippen molar-refractivity contribution >= 4 is 35.1 Å². The number of rotatable bonds is 2. The molecule has 0 saturated heterocycles. The standard InChI is InChI=1S/C25H16ClFN2O2/c1-29-23-8-6-17(4-2-3-16-9-11-28-12-10-16)13-19(23)24(30)20(25(29)31)14-18-5-7-21(26)22(27)15-18/h5-15H,3H2,1H3. The number of amides is 1. The number of likely N-dealkylation sites (N-methyl/N-ethyl adjacent to an activating group) is 1. The summed E-state index contributed by atoms with van der Waals surface area (Å²) >= 11 is 5.72. The third-order valence-electron chi connectivity index (χ3n) is 4.91. The molecule has 0 unspecified atom stereocenters. The molecule has 0 saturated carbocycles. The number of anilines is 1. The maximum atomic E-state index is 13.8. The summed E-state index contributed by atoms with van der Waals surface area (Å²) in [6, 6.07) is 13.1. The Kier molecular flexibility index (Phi) is 5.66. The van der Waals surface area contributed by atoms with Crippen molar-refractivity contribution in [3.8, 4) is 11.8 Å². The highest BCUT2D eigenvalue weighted by atomic mass is 35.5. The molecule has 152 valence electrons. The van der Waals surface area contributed by atoms with Crippen LogP contribution in [0.4, 0.5) is 10.1 Å². The second kappa shape index (κ2) is 8.55. The number of benzene rings is 2. The SMILES string of the molecule is CN1C(=O)C(=Cc2ccc(Cl)c(F)c2)C(=O)c2cc(C#CCc3ccncc3)ccc21. The molecule has 0 spiro atoms. The van der Waals surface area contributed by atoms with Gasteiger partial charge in [0.2, 0.25) is 5.78 Å². The second-order valence-corrected chi connectivity index (χ2v) is 7.40. The van der Waals surface area contributed by atoms with E-state index in [0.717, 1.165) is 5.56 Å². The van der Waals surface area contributed by atoms with Crippen LogP contribution in [0.5, 0.6) is 0 Å². The Bertz CT molecular complexity index is 1290. The number of hydrogen-bond donors (Lipinski definition) is 0. The summed E-state index contributed by atoms with van der Waals surface area (Å²) in [5, 5.41) is -0.0270. The maximum Gasteiger partial charge on any atom is 0.262 e. The van der Waals surface area contributed by atoms with E-state index in [-0.39, 0.29) is 10.6 Å². The summed E-state index contributed by atoms with van der Waals surface area (Å²) in [5.74, 6) is 4.64. The van der Waals surface area contributed by atoms with Gasteiger partial charge in [0, 0.05) is 37.0 Å². The van der Waals surface area contributed by atoms with Crippen LogP contribution in [0, 0.1) is 17.7 Å². The van der Waals surface area contributed by atoms with E-state index in [1.54, 1.807) is 43.7 Å². The lowest BCUT2D eigenvalue weighted by Crippen LogP contribution is -2.36. The third kappa shape index (κ3) is 4.25. The first-order valence-electron chi connectivity index (χ1n) is 9.45. The lowest BCUT2D eigenvalue weighted by molar-refractivity contribution is -0.114. The van der Waals surface area contributed by atoms with Crippen molar-refractivity contribution in [3.05, 3.63) is 99.6 Å². The molecule has 4 rings (SSSR count). The molecular weight excluding hydrogens is 415 g/mol. The number of carbonyl (C=O) groups excluding carboxylic acids is 2. The average molecular weight is 431 g/mol. The monoisotopic (exact) mass is 430 g/mol. The van der Waals surface area contributed by atoms with Gasteiger partial charge in [-0.3, -0.25) is 14.6 Å². The van der Waals surface area contributed by atoms with Crippen molar-refractivity contribution in [3.63, 3.8) is 0 Å². The summed E-state index contributed by atoms with van der Waals surface area (Å²) in [5.41, 5.74) is 2.93. The zero-order valence-electron chi connectivity index (χ0n) is 16.5. The summed E-state index contributed by atoms with van der Waals surface area (Å²) in [7, 11) is 1.60. The van der Waals surface area contributed by atoms with Gasteiger partial charge >= 0.3 is 0 Å². The van der Waals surface area contributed by atoms with Gasteiger partial charge in [0.25, 0.3) is 5.91 Å². The molecule has 1 aromatic heterocycles. The molecule has 1 amide bonds. The molecular formula is C25H16ClFN2O2. The summed E-state index contributed by atoms with van der Waals surface area (Å²) in [6.45, 7) is 0. The zero-order valence-corrected chi connectivity index (χ0v) is 17.3. The molecule has 2 aromatic carbocycles. The van der Waals surface area contributed by atoms with Crippen LogP contribution < -0.4 is 4.90 Å². The molecule has 1 aliphatic rings. The normalized spacial score (nSPS) is 14.3. The van der Waals surface area contributed by atoms with E-state index in [0.29, 0.717) is 28.8 Å². The maximum absolute atomic E-state index is 13.8. The van der Waals surface area contributed by atoms with Crippen LogP contribution in [-0.2, 0) is 11.2 Å². The molecule has 0 aliphatic carbocycles. The van der Waals surface area contributed by atoms with Crippen LogP contribution in [0.1, 0.15) is 27.0 Å². The lowest BCUT2D eigenvalue weighted by Gasteiger charge is -2.26. The Labute approximate surface area is 184 Å². The quantitative estimate of drug-likeness (QED) is 0.336. The van der Waals surface area contributed by atoms with E-state index < -0.39 is 17.5 Å². The van der Waals surface area contributed by atoms with Gasteiger partial charge in [-0.05, 0) is 59.7 Å². The minimum atomic E-state index is -0.618. The number of ketones is 1. The van der Waals surface area contributed by atoms with Crippen molar-refractivity contribution in [1.29, 1.82) is 0 Å². The largest absolute Gasteiger partial charge is 0.311 e. The molecule has 1 aliphatic heterocycles. The number of halogens is 2. The molecule has 31 heavy (non-hydrogen) atoms. The minimum Gasteiger partial charge on any atom is -0.311 e. The molecule has 0 fully saturated rings. The molecule has 6 heteroatoms. The fourth-order valence-electron chi connectivity index (χ4n) is 3.27. The first kappa shape index (κ1) is 20.5. The fourth-order valence-corrected chi connectivity index (χ4v) is 3.38. The van der Waals surface area contributed by atoms with Gasteiger partial charge in [0.15, 0.2) is 0 Å². The predicted molar refractivity (Wildman–Crippen MR) is 118 cm³/mol. The van der Waals surface area contributed by atoms with E-state index in [9.17, 15) is 14.0 Å². The van der Waals surface area contributed by atoms with Gasteiger partial charge in [-0.15, -0.1) is 0 Å². The Morgan fingerprint density at radius 2 is 1.87 bits per heavy atom. The first-order valence-corrected chi connectivity index (χ1v) is 9.83. The molecule has 0 N–H and O–H groups in total. The van der Waals surface area contributed by atoms with Gasteiger partial charge < -0.3 is 4.90 Å². The number of nitrogens with zero attached hydrogens (tertiary/aromatic N) is 2. The highest BCUT2D eigenvalue weighted by Crippen LogP contribution is 2.31. The number of aromatic nitrogens is 1. The molecule has 0 radical (unpaired) electrons. The van der Waals surface area contributed by atoms with Gasteiger partial charge in [-0.25, -0.2) is 4.39 Å². The van der Waals surface area contributed by atoms with Crippen molar-refractivity contribution in [2.75, 3.05) is 11.9 Å². The van der Waals surface area contributed by atoms with Crippen LogP contribution in [0.15, 0.2) is 66.5 Å². The smallest absolute Gasteiger partial charge is 0.262 e. The van der Waals surface area contributed by atoms with Gasteiger partial charge in [-0.2, -0.15) is 0 Å².